The van der Waals surface area contributed by atoms with Crippen LogP contribution in [0.2, 0.25) is 0 Å². The lowest BCUT2D eigenvalue weighted by Crippen LogP contribution is -2.19. The summed E-state index contributed by atoms with van der Waals surface area (Å²) in [6.07, 6.45) is 0.704. The number of anilines is 1. The number of hydrogen-bond acceptors (Lipinski definition) is 6. The van der Waals surface area contributed by atoms with Crippen LogP contribution in [0.3, 0.4) is 0 Å². The molecule has 0 spiro atoms. The number of aromatic nitrogens is 5. The van der Waals surface area contributed by atoms with E-state index in [-0.39, 0.29) is 11.7 Å². The number of aryl methyl sites for hydroxylation is 1. The average Bonchev–Trinajstić information content (AvgIpc) is 2.75. The van der Waals surface area contributed by atoms with Gasteiger partial charge >= 0.3 is 5.69 Å². The Morgan fingerprint density at radius 3 is 2.70 bits per heavy atom. The summed E-state index contributed by atoms with van der Waals surface area (Å²) in [6, 6.07) is 0.0221. The molecule has 8 heteroatoms. The molecule has 0 aromatic carbocycles. The standard InChI is InChI=1S/C12H18N6OS/c1-5-8-14-9(13)7(4)10(15-8)20-12-17-16-11(19)18(12)6(2)3/h6H,5H2,1-4H3,(H,16,19)(H2,13,14,15). The van der Waals surface area contributed by atoms with Crippen molar-refractivity contribution in [2.75, 3.05) is 5.73 Å². The number of hydrogen-bond donors (Lipinski definition) is 2. The van der Waals surface area contributed by atoms with Crippen LogP contribution in [0, 0.1) is 6.92 Å². The highest BCUT2D eigenvalue weighted by molar-refractivity contribution is 7.99. The topological polar surface area (TPSA) is 102 Å². The third-order valence-electron chi connectivity index (χ3n) is 2.88. The van der Waals surface area contributed by atoms with E-state index in [4.69, 9.17) is 5.73 Å². The Labute approximate surface area is 121 Å². The van der Waals surface area contributed by atoms with E-state index in [2.05, 4.69) is 20.2 Å². The van der Waals surface area contributed by atoms with Gasteiger partial charge in [0.05, 0.1) is 0 Å². The number of rotatable bonds is 4. The minimum absolute atomic E-state index is 0.0221. The summed E-state index contributed by atoms with van der Waals surface area (Å²) in [5, 5.41) is 7.82. The lowest BCUT2D eigenvalue weighted by molar-refractivity contribution is 0.533. The largest absolute Gasteiger partial charge is 0.383 e. The van der Waals surface area contributed by atoms with Gasteiger partial charge in [0.1, 0.15) is 16.7 Å². The molecule has 7 nitrogen and oxygen atoms in total. The van der Waals surface area contributed by atoms with Gasteiger partial charge in [0, 0.05) is 18.0 Å². The van der Waals surface area contributed by atoms with Crippen LogP contribution in [-0.2, 0) is 6.42 Å². The third-order valence-corrected chi connectivity index (χ3v) is 3.94. The predicted octanol–water partition coefficient (Wildman–Crippen LogP) is 1.55. The van der Waals surface area contributed by atoms with Crippen LogP contribution in [-0.4, -0.2) is 24.7 Å². The van der Waals surface area contributed by atoms with Crippen LogP contribution in [0.1, 0.15) is 38.2 Å². The van der Waals surface area contributed by atoms with Crippen molar-refractivity contribution in [3.63, 3.8) is 0 Å². The molecule has 0 atom stereocenters. The Morgan fingerprint density at radius 2 is 2.10 bits per heavy atom. The maximum absolute atomic E-state index is 11.7. The van der Waals surface area contributed by atoms with Crippen molar-refractivity contribution >= 4 is 17.6 Å². The van der Waals surface area contributed by atoms with Crippen LogP contribution < -0.4 is 11.4 Å². The maximum Gasteiger partial charge on any atom is 0.344 e. The van der Waals surface area contributed by atoms with E-state index in [1.807, 2.05) is 27.7 Å². The highest BCUT2D eigenvalue weighted by Crippen LogP contribution is 2.29. The SMILES string of the molecule is CCc1nc(N)c(C)c(Sc2n[nH]c(=O)n2C(C)C)n1. The third kappa shape index (κ3) is 2.69. The summed E-state index contributed by atoms with van der Waals surface area (Å²) in [6.45, 7) is 7.69. The van der Waals surface area contributed by atoms with Gasteiger partial charge in [-0.3, -0.25) is 4.57 Å². The summed E-state index contributed by atoms with van der Waals surface area (Å²) in [4.78, 5) is 20.4. The van der Waals surface area contributed by atoms with E-state index in [0.717, 1.165) is 10.6 Å². The fraction of sp³-hybridized carbons (Fsp3) is 0.500. The molecular weight excluding hydrogens is 276 g/mol. The molecule has 0 saturated heterocycles. The fourth-order valence-electron chi connectivity index (χ4n) is 1.72. The number of nitrogens with zero attached hydrogens (tertiary/aromatic N) is 4. The van der Waals surface area contributed by atoms with Crippen LogP contribution in [0.25, 0.3) is 0 Å². The molecule has 0 aliphatic heterocycles. The first-order valence-electron chi connectivity index (χ1n) is 6.41. The molecule has 3 N–H and O–H groups in total. The van der Waals surface area contributed by atoms with Crippen molar-refractivity contribution in [1.82, 2.24) is 24.7 Å². The zero-order valence-corrected chi connectivity index (χ0v) is 12.8. The van der Waals surface area contributed by atoms with Crippen molar-refractivity contribution in [3.05, 3.63) is 21.9 Å². The Hall–Kier alpha value is -1.83. The normalized spacial score (nSPS) is 11.2. The molecule has 2 rings (SSSR count). The Balaban J connectivity index is 2.45. The van der Waals surface area contributed by atoms with Gasteiger partial charge in [0.2, 0.25) is 0 Å². The lowest BCUT2D eigenvalue weighted by Gasteiger charge is -2.11. The number of nitrogens with two attached hydrogens (primary N) is 1. The predicted molar refractivity (Wildman–Crippen MR) is 77.9 cm³/mol. The van der Waals surface area contributed by atoms with Gasteiger partial charge < -0.3 is 5.73 Å². The second-order valence-corrected chi connectivity index (χ2v) is 5.64. The molecular formula is C12H18N6OS. The molecule has 2 heterocycles. The van der Waals surface area contributed by atoms with E-state index < -0.39 is 0 Å². The molecule has 0 bridgehead atoms. The summed E-state index contributed by atoms with van der Waals surface area (Å²) in [5.41, 5.74) is 6.47. The zero-order valence-electron chi connectivity index (χ0n) is 12.0. The van der Waals surface area contributed by atoms with Gasteiger partial charge in [-0.25, -0.2) is 19.9 Å². The lowest BCUT2D eigenvalue weighted by atomic mass is 10.3. The first kappa shape index (κ1) is 14.6. The van der Waals surface area contributed by atoms with Crippen molar-refractivity contribution in [2.24, 2.45) is 0 Å². The molecule has 0 saturated carbocycles. The summed E-state index contributed by atoms with van der Waals surface area (Å²) < 4.78 is 1.59. The summed E-state index contributed by atoms with van der Waals surface area (Å²) in [7, 11) is 0. The molecule has 0 aliphatic carbocycles. The van der Waals surface area contributed by atoms with Crippen molar-refractivity contribution in [3.8, 4) is 0 Å². The van der Waals surface area contributed by atoms with Gasteiger partial charge in [-0.1, -0.05) is 6.92 Å². The van der Waals surface area contributed by atoms with Crippen molar-refractivity contribution in [1.29, 1.82) is 0 Å². The summed E-state index contributed by atoms with van der Waals surface area (Å²) >= 11 is 1.32. The maximum atomic E-state index is 11.7. The van der Waals surface area contributed by atoms with Crippen molar-refractivity contribution < 1.29 is 0 Å². The minimum Gasteiger partial charge on any atom is -0.383 e. The first-order valence-corrected chi connectivity index (χ1v) is 7.23. The fourth-order valence-corrected chi connectivity index (χ4v) is 2.79. The Morgan fingerprint density at radius 1 is 1.40 bits per heavy atom. The highest BCUT2D eigenvalue weighted by Gasteiger charge is 2.16. The molecule has 0 aliphatic rings. The van der Waals surface area contributed by atoms with Gasteiger partial charge in [-0.2, -0.15) is 0 Å². The Bertz CT molecular complexity index is 675. The monoisotopic (exact) mass is 294 g/mol. The van der Waals surface area contributed by atoms with Crippen LogP contribution >= 0.6 is 11.8 Å². The van der Waals surface area contributed by atoms with E-state index in [9.17, 15) is 4.79 Å². The van der Waals surface area contributed by atoms with E-state index >= 15 is 0 Å². The second kappa shape index (κ2) is 5.66. The van der Waals surface area contributed by atoms with E-state index in [1.165, 1.54) is 11.8 Å². The smallest absolute Gasteiger partial charge is 0.344 e. The van der Waals surface area contributed by atoms with E-state index in [0.29, 0.717) is 23.2 Å². The Kier molecular flexibility index (Phi) is 4.12. The molecule has 20 heavy (non-hydrogen) atoms. The van der Waals surface area contributed by atoms with Gasteiger partial charge in [-0.15, -0.1) is 5.10 Å². The highest BCUT2D eigenvalue weighted by atomic mass is 32.2. The number of aromatic amines is 1. The number of H-pyrrole nitrogens is 1. The van der Waals surface area contributed by atoms with Crippen molar-refractivity contribution in [2.45, 2.75) is 50.3 Å². The molecule has 108 valence electrons. The molecule has 0 amide bonds. The molecule has 2 aromatic rings. The van der Waals surface area contributed by atoms with Gasteiger partial charge in [0.25, 0.3) is 0 Å². The molecule has 0 unspecified atom stereocenters. The van der Waals surface area contributed by atoms with Crippen LogP contribution in [0.4, 0.5) is 5.82 Å². The second-order valence-electron chi connectivity index (χ2n) is 4.69. The molecule has 0 radical (unpaired) electrons. The minimum atomic E-state index is -0.224. The summed E-state index contributed by atoms with van der Waals surface area (Å²) in [5.74, 6) is 1.15. The van der Waals surface area contributed by atoms with Crippen LogP contribution in [0.5, 0.6) is 0 Å². The molecule has 2 aromatic heterocycles. The average molecular weight is 294 g/mol. The molecule has 0 fully saturated rings. The van der Waals surface area contributed by atoms with E-state index in [1.54, 1.807) is 4.57 Å². The van der Waals surface area contributed by atoms with Gasteiger partial charge in [-0.05, 0) is 32.5 Å². The van der Waals surface area contributed by atoms with Gasteiger partial charge in [0.15, 0.2) is 5.16 Å². The number of nitrogens with one attached hydrogen (secondary N) is 1. The number of nitrogen functional groups attached to an aromatic ring is 1. The van der Waals surface area contributed by atoms with Crippen LogP contribution in [0.15, 0.2) is 15.0 Å². The zero-order chi connectivity index (χ0) is 14.9. The first-order chi connectivity index (χ1) is 9.43. The quantitative estimate of drug-likeness (QED) is 0.829.